The lowest BCUT2D eigenvalue weighted by Gasteiger charge is -2.31. The zero-order valence-electron chi connectivity index (χ0n) is 12.2. The Morgan fingerprint density at radius 1 is 1.26 bits per heavy atom. The molecule has 104 valence electrons. The average molecular weight is 276 g/mol. The van der Waals surface area contributed by atoms with Crippen molar-refractivity contribution >= 4 is 17.5 Å². The smallest absolute Gasteiger partial charge is 0.146 e. The Hall–Kier alpha value is -0.760. The fourth-order valence-corrected chi connectivity index (χ4v) is 3.81. The molecule has 3 unspecified atom stereocenters. The minimum atomic E-state index is 0.309. The summed E-state index contributed by atoms with van der Waals surface area (Å²) in [6.45, 7) is 6.70. The zero-order valence-corrected chi connectivity index (χ0v) is 13.0. The molecular formula is C17H24OS. The van der Waals surface area contributed by atoms with Gasteiger partial charge in [-0.3, -0.25) is 4.79 Å². The highest BCUT2D eigenvalue weighted by Crippen LogP contribution is 2.34. The van der Waals surface area contributed by atoms with Gasteiger partial charge in [0, 0.05) is 10.8 Å². The first-order chi connectivity index (χ1) is 9.06. The van der Waals surface area contributed by atoms with Crippen LogP contribution in [0.3, 0.4) is 0 Å². The second kappa shape index (κ2) is 6.60. The Labute approximate surface area is 121 Å². The summed E-state index contributed by atoms with van der Waals surface area (Å²) in [5.41, 5.74) is 1.26. The van der Waals surface area contributed by atoms with E-state index in [1.165, 1.54) is 16.9 Å². The van der Waals surface area contributed by atoms with Crippen molar-refractivity contribution < 1.29 is 4.79 Å². The number of rotatable bonds is 4. The first kappa shape index (κ1) is 14.6. The van der Waals surface area contributed by atoms with Crippen LogP contribution in [0.1, 0.15) is 38.7 Å². The molecule has 0 saturated heterocycles. The third-order valence-electron chi connectivity index (χ3n) is 4.42. The summed E-state index contributed by atoms with van der Waals surface area (Å²) in [6.07, 6.45) is 3.40. The molecule has 0 radical (unpaired) electrons. The van der Waals surface area contributed by atoms with Crippen LogP contribution in [0.4, 0.5) is 0 Å². The highest BCUT2D eigenvalue weighted by molar-refractivity contribution is 8.00. The van der Waals surface area contributed by atoms with E-state index in [-0.39, 0.29) is 0 Å². The van der Waals surface area contributed by atoms with E-state index in [2.05, 4.69) is 45.0 Å². The van der Waals surface area contributed by atoms with Crippen molar-refractivity contribution in [2.75, 3.05) is 5.75 Å². The van der Waals surface area contributed by atoms with Gasteiger partial charge < -0.3 is 0 Å². The fraction of sp³-hybridized carbons (Fsp3) is 0.588. The molecule has 3 atom stereocenters. The topological polar surface area (TPSA) is 17.1 Å². The number of carbonyl (C=O) groups excluding carboxylic acids is 1. The van der Waals surface area contributed by atoms with Crippen molar-refractivity contribution in [3.63, 3.8) is 0 Å². The predicted octanol–water partition coefficient (Wildman–Crippen LogP) is 4.73. The molecule has 1 nitrogen and oxygen atoms in total. The third kappa shape index (κ3) is 4.10. The number of hydrogen-bond acceptors (Lipinski definition) is 2. The Morgan fingerprint density at radius 3 is 2.74 bits per heavy atom. The van der Waals surface area contributed by atoms with E-state index in [1.807, 2.05) is 0 Å². The lowest BCUT2D eigenvalue weighted by Crippen LogP contribution is -2.27. The number of Topliss-reactive ketones (excluding diaryl/α,β-unsaturated/α-hetero) is 1. The molecule has 1 aromatic carbocycles. The van der Waals surface area contributed by atoms with Gasteiger partial charge in [0.25, 0.3) is 0 Å². The largest absolute Gasteiger partial charge is 0.298 e. The predicted molar refractivity (Wildman–Crippen MR) is 82.6 cm³/mol. The number of aryl methyl sites for hydroxylation is 1. The maximum Gasteiger partial charge on any atom is 0.146 e. The Balaban J connectivity index is 1.84. The van der Waals surface area contributed by atoms with Crippen molar-refractivity contribution in [1.29, 1.82) is 0 Å². The molecule has 2 heteroatoms. The SMILES string of the molecule is Cc1cccc(SCC(=O)C2CCC(C)C(C)C2)c1. The summed E-state index contributed by atoms with van der Waals surface area (Å²) in [5, 5.41) is 0. The van der Waals surface area contributed by atoms with Crippen LogP contribution in [0, 0.1) is 24.7 Å². The van der Waals surface area contributed by atoms with Crippen LogP contribution in [-0.4, -0.2) is 11.5 Å². The Bertz CT molecular complexity index is 441. The maximum absolute atomic E-state index is 12.3. The van der Waals surface area contributed by atoms with Crippen LogP contribution in [0.5, 0.6) is 0 Å². The molecule has 0 aromatic heterocycles. The summed E-state index contributed by atoms with van der Waals surface area (Å²) in [5.74, 6) is 2.88. The van der Waals surface area contributed by atoms with Crippen molar-refractivity contribution in [2.24, 2.45) is 17.8 Å². The molecule has 1 aliphatic carbocycles. The van der Waals surface area contributed by atoms with Gasteiger partial charge in [0.15, 0.2) is 0 Å². The van der Waals surface area contributed by atoms with E-state index >= 15 is 0 Å². The van der Waals surface area contributed by atoms with Gasteiger partial charge in [-0.25, -0.2) is 0 Å². The fourth-order valence-electron chi connectivity index (χ4n) is 2.82. The van der Waals surface area contributed by atoms with Crippen LogP contribution in [0.25, 0.3) is 0 Å². The first-order valence-electron chi connectivity index (χ1n) is 7.28. The number of ketones is 1. The summed E-state index contributed by atoms with van der Waals surface area (Å²) >= 11 is 1.69. The third-order valence-corrected chi connectivity index (χ3v) is 5.44. The van der Waals surface area contributed by atoms with Crippen molar-refractivity contribution in [3.05, 3.63) is 29.8 Å². The van der Waals surface area contributed by atoms with Crippen LogP contribution >= 0.6 is 11.8 Å². The molecule has 1 fully saturated rings. The van der Waals surface area contributed by atoms with Gasteiger partial charge in [0.05, 0.1) is 5.75 Å². The van der Waals surface area contributed by atoms with Gasteiger partial charge in [0.2, 0.25) is 0 Å². The van der Waals surface area contributed by atoms with Crippen molar-refractivity contribution in [3.8, 4) is 0 Å². The van der Waals surface area contributed by atoms with Gasteiger partial charge in [0.1, 0.15) is 5.78 Å². The van der Waals surface area contributed by atoms with Crippen LogP contribution < -0.4 is 0 Å². The quantitative estimate of drug-likeness (QED) is 0.740. The normalized spacial score (nSPS) is 27.2. The molecule has 2 rings (SSSR count). The molecular weight excluding hydrogens is 252 g/mol. The summed E-state index contributed by atoms with van der Waals surface area (Å²) in [6, 6.07) is 8.41. The van der Waals surface area contributed by atoms with E-state index in [0.29, 0.717) is 23.4 Å². The van der Waals surface area contributed by atoms with E-state index in [1.54, 1.807) is 11.8 Å². The maximum atomic E-state index is 12.3. The molecule has 0 aliphatic heterocycles. The molecule has 1 aromatic rings. The second-order valence-corrected chi connectivity index (χ2v) is 7.08. The molecule has 0 N–H and O–H groups in total. The number of hydrogen-bond donors (Lipinski definition) is 0. The van der Waals surface area contributed by atoms with E-state index < -0.39 is 0 Å². The minimum Gasteiger partial charge on any atom is -0.298 e. The van der Waals surface area contributed by atoms with E-state index in [9.17, 15) is 4.79 Å². The summed E-state index contributed by atoms with van der Waals surface area (Å²) in [4.78, 5) is 13.5. The Morgan fingerprint density at radius 2 is 2.05 bits per heavy atom. The highest BCUT2D eigenvalue weighted by Gasteiger charge is 2.28. The number of benzene rings is 1. The van der Waals surface area contributed by atoms with Crippen LogP contribution in [0.2, 0.25) is 0 Å². The molecule has 1 saturated carbocycles. The van der Waals surface area contributed by atoms with Gasteiger partial charge in [-0.05, 0) is 50.2 Å². The molecule has 0 spiro atoms. The molecule has 0 bridgehead atoms. The van der Waals surface area contributed by atoms with Crippen molar-refractivity contribution in [2.45, 2.75) is 44.9 Å². The lowest BCUT2D eigenvalue weighted by molar-refractivity contribution is -0.122. The molecule has 0 amide bonds. The highest BCUT2D eigenvalue weighted by atomic mass is 32.2. The number of thioether (sulfide) groups is 1. The lowest BCUT2D eigenvalue weighted by atomic mass is 9.74. The van der Waals surface area contributed by atoms with Crippen LogP contribution in [-0.2, 0) is 4.79 Å². The summed E-state index contributed by atoms with van der Waals surface area (Å²) < 4.78 is 0. The average Bonchev–Trinajstić information content (AvgIpc) is 2.39. The zero-order chi connectivity index (χ0) is 13.8. The van der Waals surface area contributed by atoms with E-state index in [4.69, 9.17) is 0 Å². The summed E-state index contributed by atoms with van der Waals surface area (Å²) in [7, 11) is 0. The van der Waals surface area contributed by atoms with Gasteiger partial charge in [-0.1, -0.05) is 31.5 Å². The molecule has 1 aliphatic rings. The molecule has 0 heterocycles. The standard InChI is InChI=1S/C17H24OS/c1-12-5-4-6-16(9-12)19-11-17(18)15-8-7-13(2)14(3)10-15/h4-6,9,13-15H,7-8,10-11H2,1-3H3. The Kier molecular flexibility index (Phi) is 5.09. The van der Waals surface area contributed by atoms with Crippen LogP contribution in [0.15, 0.2) is 29.2 Å². The van der Waals surface area contributed by atoms with E-state index in [0.717, 1.165) is 18.8 Å². The van der Waals surface area contributed by atoms with Gasteiger partial charge in [-0.15, -0.1) is 11.8 Å². The number of carbonyl (C=O) groups is 1. The minimum absolute atomic E-state index is 0.309. The second-order valence-electron chi connectivity index (χ2n) is 6.04. The first-order valence-corrected chi connectivity index (χ1v) is 8.27. The van der Waals surface area contributed by atoms with Crippen molar-refractivity contribution in [1.82, 2.24) is 0 Å². The monoisotopic (exact) mass is 276 g/mol. The van der Waals surface area contributed by atoms with Gasteiger partial charge in [-0.2, -0.15) is 0 Å². The molecule has 19 heavy (non-hydrogen) atoms. The van der Waals surface area contributed by atoms with Gasteiger partial charge >= 0.3 is 0 Å².